The van der Waals surface area contributed by atoms with E-state index in [9.17, 15) is 9.59 Å². The summed E-state index contributed by atoms with van der Waals surface area (Å²) in [6, 6.07) is 0. The van der Waals surface area contributed by atoms with E-state index in [2.05, 4.69) is 73.8 Å². The summed E-state index contributed by atoms with van der Waals surface area (Å²) in [7, 11) is -0.531. The molecule has 0 atom stereocenters. The molecule has 0 fully saturated rings. The van der Waals surface area contributed by atoms with Gasteiger partial charge in [-0.25, -0.2) is 4.79 Å². The van der Waals surface area contributed by atoms with Crippen molar-refractivity contribution in [3.05, 3.63) is 11.1 Å². The van der Waals surface area contributed by atoms with Crippen LogP contribution in [0.4, 0.5) is 0 Å². The fraction of sp³-hybridized carbons (Fsp3) is 0.739. The van der Waals surface area contributed by atoms with Gasteiger partial charge in [-0.2, -0.15) is 0 Å². The molecule has 0 aliphatic heterocycles. The first kappa shape index (κ1) is 25.7. The van der Waals surface area contributed by atoms with E-state index in [1.165, 1.54) is 7.11 Å². The summed E-state index contributed by atoms with van der Waals surface area (Å²) in [4.78, 5) is 24.0. The number of carbonyl (C=O) groups excluding carboxylic acids is 2. The summed E-state index contributed by atoms with van der Waals surface area (Å²) in [5.74, 6) is 3.15. The molecule has 0 saturated carbocycles. The van der Waals surface area contributed by atoms with Crippen LogP contribution in [-0.4, -0.2) is 26.9 Å². The molecule has 4 heteroatoms. The molecule has 0 aromatic heterocycles. The predicted octanol–water partition coefficient (Wildman–Crippen LogP) is 6.09. The van der Waals surface area contributed by atoms with E-state index >= 15 is 0 Å². The summed E-state index contributed by atoms with van der Waals surface area (Å²) in [6.07, 6.45) is 0.704. The van der Waals surface area contributed by atoms with Crippen molar-refractivity contribution in [3.8, 4) is 11.5 Å². The van der Waals surface area contributed by atoms with Crippen LogP contribution in [0.25, 0.3) is 0 Å². The molecule has 0 bridgehead atoms. The molecule has 0 aromatic carbocycles. The Morgan fingerprint density at radius 2 is 1.37 bits per heavy atom. The Hall–Kier alpha value is -1.34. The number of esters is 1. The number of Topliss-reactive ketones (excluding diaryl/α,β-unsaturated/α-hetero) is 1. The maximum Gasteiger partial charge on any atom is 0.334 e. The third-order valence-corrected chi connectivity index (χ3v) is 11.8. The summed E-state index contributed by atoms with van der Waals surface area (Å²) in [6.45, 7) is 21.4. The zero-order valence-electron chi connectivity index (χ0n) is 19.4. The van der Waals surface area contributed by atoms with Gasteiger partial charge < -0.3 is 9.53 Å². The summed E-state index contributed by atoms with van der Waals surface area (Å²) < 4.78 is 5.03. The van der Waals surface area contributed by atoms with Crippen LogP contribution in [-0.2, 0) is 14.3 Å². The van der Waals surface area contributed by atoms with Crippen LogP contribution in [0.15, 0.2) is 11.1 Å². The van der Waals surface area contributed by atoms with Gasteiger partial charge in [0.25, 0.3) is 0 Å². The van der Waals surface area contributed by atoms with Gasteiger partial charge in [-0.15, -0.1) is 5.54 Å². The van der Waals surface area contributed by atoms with Gasteiger partial charge in [-0.1, -0.05) is 68.2 Å². The highest BCUT2D eigenvalue weighted by Crippen LogP contribution is 2.41. The molecule has 0 aliphatic carbocycles. The highest BCUT2D eigenvalue weighted by Gasteiger charge is 2.42. The highest BCUT2D eigenvalue weighted by atomic mass is 28.3. The van der Waals surface area contributed by atoms with Gasteiger partial charge in [0.15, 0.2) is 0 Å². The van der Waals surface area contributed by atoms with Gasteiger partial charge in [0.1, 0.15) is 13.9 Å². The first-order valence-electron chi connectivity index (χ1n) is 10.1. The quantitative estimate of drug-likeness (QED) is 0.228. The van der Waals surface area contributed by atoms with Gasteiger partial charge in [0.05, 0.1) is 7.11 Å². The largest absolute Gasteiger partial charge is 0.466 e. The lowest BCUT2D eigenvalue weighted by molar-refractivity contribution is -0.136. The number of allylic oxidation sites excluding steroid dienone is 1. The minimum atomic E-state index is -1.92. The van der Waals surface area contributed by atoms with Crippen molar-refractivity contribution in [3.63, 3.8) is 0 Å². The number of methoxy groups -OCH3 is 1. The fourth-order valence-corrected chi connectivity index (χ4v) is 9.28. The summed E-state index contributed by atoms with van der Waals surface area (Å²) in [5, 5.41) is 0. The second-order valence-corrected chi connectivity index (χ2v) is 15.0. The third kappa shape index (κ3) is 6.64. The molecule has 3 nitrogen and oxygen atoms in total. The highest BCUT2D eigenvalue weighted by molar-refractivity contribution is 6.90. The maximum atomic E-state index is 12.5. The van der Waals surface area contributed by atoms with Crippen LogP contribution in [0.1, 0.15) is 82.1 Å². The molecular formula is C23H40O3Si. The average molecular weight is 393 g/mol. The molecule has 0 N–H and O–H groups in total. The predicted molar refractivity (Wildman–Crippen MR) is 117 cm³/mol. The van der Waals surface area contributed by atoms with Crippen LogP contribution in [0.5, 0.6) is 0 Å². The standard InChI is InChI=1S/C23H40O3Si/c1-16(2)27(17(3)4,18(5)6)15-14-21(23(8,9)10)20(22(25)26-11)13-12-19(7)24/h16-18H,12-13H2,1-11H3/b21-20-. The molecule has 0 aliphatic rings. The van der Waals surface area contributed by atoms with Crippen molar-refractivity contribution >= 4 is 19.8 Å². The van der Waals surface area contributed by atoms with Gasteiger partial charge in [-0.3, -0.25) is 0 Å². The van der Waals surface area contributed by atoms with E-state index < -0.39 is 8.07 Å². The molecule has 0 spiro atoms. The Labute approximate surface area is 168 Å². The Morgan fingerprint density at radius 3 is 1.67 bits per heavy atom. The van der Waals surface area contributed by atoms with Crippen LogP contribution < -0.4 is 0 Å². The van der Waals surface area contributed by atoms with E-state index in [0.717, 1.165) is 5.57 Å². The number of hydrogen-bond donors (Lipinski definition) is 0. The van der Waals surface area contributed by atoms with Gasteiger partial charge >= 0.3 is 5.97 Å². The van der Waals surface area contributed by atoms with E-state index in [0.29, 0.717) is 35.0 Å². The molecule has 0 unspecified atom stereocenters. The van der Waals surface area contributed by atoms with Gasteiger partial charge in [0, 0.05) is 17.6 Å². The molecule has 154 valence electrons. The van der Waals surface area contributed by atoms with Crippen LogP contribution in [0, 0.1) is 16.9 Å². The molecule has 27 heavy (non-hydrogen) atoms. The SMILES string of the molecule is COC(=O)/C(CCC(C)=O)=C(/C#C[Si](C(C)C)(C(C)C)C(C)C)C(C)(C)C. The molecule has 0 aromatic rings. The zero-order chi connectivity index (χ0) is 21.6. The molecule has 0 rings (SSSR count). The average Bonchev–Trinajstić information content (AvgIpc) is 2.50. The number of carbonyl (C=O) groups is 2. The minimum Gasteiger partial charge on any atom is -0.466 e. The Bertz CT molecular complexity index is 600. The van der Waals surface area contributed by atoms with E-state index in [-0.39, 0.29) is 17.2 Å². The van der Waals surface area contributed by atoms with Crippen molar-refractivity contribution in [1.29, 1.82) is 0 Å². The monoisotopic (exact) mass is 392 g/mol. The Morgan fingerprint density at radius 1 is 0.926 bits per heavy atom. The second kappa shape index (κ2) is 10.3. The van der Waals surface area contributed by atoms with E-state index in [1.54, 1.807) is 6.92 Å². The van der Waals surface area contributed by atoms with Gasteiger partial charge in [-0.05, 0) is 35.4 Å². The fourth-order valence-electron chi connectivity index (χ4n) is 4.07. The number of rotatable bonds is 7. The smallest absolute Gasteiger partial charge is 0.334 e. The lowest BCUT2D eigenvalue weighted by Crippen LogP contribution is -2.43. The van der Waals surface area contributed by atoms with E-state index in [4.69, 9.17) is 4.74 Å². The van der Waals surface area contributed by atoms with Crippen molar-refractivity contribution < 1.29 is 14.3 Å². The summed E-state index contributed by atoms with van der Waals surface area (Å²) in [5.41, 5.74) is 6.35. The van der Waals surface area contributed by atoms with Crippen LogP contribution in [0.3, 0.4) is 0 Å². The lowest BCUT2D eigenvalue weighted by atomic mass is 9.82. The van der Waals surface area contributed by atoms with Crippen molar-refractivity contribution in [1.82, 2.24) is 0 Å². The molecule has 0 heterocycles. The lowest BCUT2D eigenvalue weighted by Gasteiger charge is -2.38. The number of ether oxygens (including phenoxy) is 1. The molecule has 0 radical (unpaired) electrons. The normalized spacial score (nSPS) is 13.4. The summed E-state index contributed by atoms with van der Waals surface area (Å²) >= 11 is 0. The topological polar surface area (TPSA) is 43.4 Å². The second-order valence-electron chi connectivity index (χ2n) is 9.44. The zero-order valence-corrected chi connectivity index (χ0v) is 20.4. The van der Waals surface area contributed by atoms with E-state index in [1.807, 2.05) is 0 Å². The third-order valence-electron chi connectivity index (χ3n) is 5.48. The first-order valence-corrected chi connectivity index (χ1v) is 12.3. The van der Waals surface area contributed by atoms with Gasteiger partial charge in [0.2, 0.25) is 0 Å². The number of ketones is 1. The molecule has 0 amide bonds. The van der Waals surface area contributed by atoms with Crippen LogP contribution >= 0.6 is 0 Å². The number of hydrogen-bond acceptors (Lipinski definition) is 3. The maximum absolute atomic E-state index is 12.5. The van der Waals surface area contributed by atoms with Crippen molar-refractivity contribution in [2.24, 2.45) is 5.41 Å². The first-order chi connectivity index (χ1) is 12.2. The van der Waals surface area contributed by atoms with Crippen molar-refractivity contribution in [2.45, 2.75) is 98.7 Å². The Balaban J connectivity index is 6.67. The Kier molecular flexibility index (Phi) is 9.76. The minimum absolute atomic E-state index is 0.0629. The molecular weight excluding hydrogens is 352 g/mol. The van der Waals surface area contributed by atoms with Crippen molar-refractivity contribution in [2.75, 3.05) is 7.11 Å². The molecule has 0 saturated heterocycles. The van der Waals surface area contributed by atoms with Crippen LogP contribution in [0.2, 0.25) is 16.6 Å².